The summed E-state index contributed by atoms with van der Waals surface area (Å²) in [5.74, 6) is -1.84. The Labute approximate surface area is 209 Å². The highest BCUT2D eigenvalue weighted by Gasteiger charge is 2.31. The topological polar surface area (TPSA) is 115 Å². The average molecular weight is 485 g/mol. The minimum atomic E-state index is -0.866. The van der Waals surface area contributed by atoms with Crippen LogP contribution in [0.5, 0.6) is 5.75 Å². The van der Waals surface area contributed by atoms with E-state index in [0.29, 0.717) is 34.6 Å². The summed E-state index contributed by atoms with van der Waals surface area (Å²) in [5.41, 5.74) is 8.56. The van der Waals surface area contributed by atoms with Gasteiger partial charge in [0.15, 0.2) is 5.71 Å². The monoisotopic (exact) mass is 484 g/mol. The molecule has 1 amide bonds. The molecule has 8 heteroatoms. The molecular formula is C28H28N4O4. The molecule has 184 valence electrons. The molecule has 4 rings (SSSR count). The Balaban J connectivity index is 1.56. The highest BCUT2D eigenvalue weighted by Crippen LogP contribution is 2.36. The van der Waals surface area contributed by atoms with Crippen LogP contribution in [0.1, 0.15) is 42.9 Å². The lowest BCUT2D eigenvalue weighted by Gasteiger charge is -2.13. The minimum Gasteiger partial charge on any atom is -0.505 e. The molecule has 0 radical (unpaired) electrons. The lowest BCUT2D eigenvalue weighted by atomic mass is 9.94. The Morgan fingerprint density at radius 3 is 2.42 bits per heavy atom. The number of carbonyl (C=O) groups excluding carboxylic acids is 1. The van der Waals surface area contributed by atoms with Gasteiger partial charge in [-0.1, -0.05) is 49.4 Å². The van der Waals surface area contributed by atoms with E-state index < -0.39 is 11.9 Å². The van der Waals surface area contributed by atoms with E-state index in [2.05, 4.69) is 15.6 Å². The van der Waals surface area contributed by atoms with Crippen molar-refractivity contribution in [3.63, 3.8) is 0 Å². The van der Waals surface area contributed by atoms with Crippen LogP contribution in [0.2, 0.25) is 0 Å². The van der Waals surface area contributed by atoms with Gasteiger partial charge in [0.25, 0.3) is 0 Å². The smallest absolute Gasteiger partial charge is 0.310 e. The van der Waals surface area contributed by atoms with Gasteiger partial charge in [-0.15, -0.1) is 0 Å². The molecule has 0 aromatic heterocycles. The summed E-state index contributed by atoms with van der Waals surface area (Å²) in [6.07, 6.45) is 0.488. The second kappa shape index (κ2) is 10.0. The number of amides is 1. The molecule has 0 fully saturated rings. The molecular weight excluding hydrogens is 456 g/mol. The van der Waals surface area contributed by atoms with Crippen LogP contribution in [-0.4, -0.2) is 33.5 Å². The molecule has 3 aromatic rings. The first-order valence-corrected chi connectivity index (χ1v) is 11.7. The average Bonchev–Trinajstić information content (AvgIpc) is 3.14. The number of benzene rings is 3. The van der Waals surface area contributed by atoms with E-state index in [9.17, 15) is 19.8 Å². The van der Waals surface area contributed by atoms with Crippen molar-refractivity contribution in [1.82, 2.24) is 0 Å². The molecule has 36 heavy (non-hydrogen) atoms. The maximum atomic E-state index is 13.0. The molecule has 0 spiro atoms. The van der Waals surface area contributed by atoms with Crippen molar-refractivity contribution in [2.75, 3.05) is 10.4 Å². The fourth-order valence-electron chi connectivity index (χ4n) is 4.09. The number of rotatable bonds is 7. The number of phenolic OH excluding ortho intramolecular Hbond substituents is 1. The Kier molecular flexibility index (Phi) is 6.87. The van der Waals surface area contributed by atoms with Gasteiger partial charge in [0.2, 0.25) is 0 Å². The minimum absolute atomic E-state index is 0.0362. The zero-order valence-corrected chi connectivity index (χ0v) is 20.6. The van der Waals surface area contributed by atoms with Crippen molar-refractivity contribution < 1.29 is 19.8 Å². The summed E-state index contributed by atoms with van der Waals surface area (Å²) in [6.45, 7) is 7.52. The first-order chi connectivity index (χ1) is 17.2. The third-order valence-corrected chi connectivity index (χ3v) is 6.38. The summed E-state index contributed by atoms with van der Waals surface area (Å²) >= 11 is 0. The fourth-order valence-corrected chi connectivity index (χ4v) is 4.09. The number of hydrazone groups is 2. The number of nitrogens with one attached hydrogen (secondary N) is 1. The van der Waals surface area contributed by atoms with Gasteiger partial charge in [0.1, 0.15) is 5.75 Å². The number of hydrogen-bond donors (Lipinski definition) is 3. The number of carbonyl (C=O) groups is 2. The van der Waals surface area contributed by atoms with Crippen molar-refractivity contribution in [2.24, 2.45) is 10.2 Å². The van der Waals surface area contributed by atoms with E-state index >= 15 is 0 Å². The first kappa shape index (κ1) is 24.7. The molecule has 1 aliphatic rings. The zero-order chi connectivity index (χ0) is 26.0. The number of nitrogens with zero attached hydrogens (tertiary/aromatic N) is 3. The summed E-state index contributed by atoms with van der Waals surface area (Å²) in [7, 11) is 0. The number of aryl methyl sites for hydroxylation is 2. The van der Waals surface area contributed by atoms with E-state index in [1.54, 1.807) is 49.4 Å². The lowest BCUT2D eigenvalue weighted by Crippen LogP contribution is -2.28. The van der Waals surface area contributed by atoms with Gasteiger partial charge in [0.05, 0.1) is 23.0 Å². The van der Waals surface area contributed by atoms with Crippen LogP contribution in [0.4, 0.5) is 11.4 Å². The molecule has 8 nitrogen and oxygen atoms in total. The van der Waals surface area contributed by atoms with Crippen molar-refractivity contribution in [2.45, 2.75) is 40.0 Å². The number of carboxylic acid groups (broad SMARTS) is 1. The van der Waals surface area contributed by atoms with Crippen molar-refractivity contribution in [3.05, 3.63) is 77.4 Å². The van der Waals surface area contributed by atoms with Gasteiger partial charge in [-0.2, -0.15) is 15.2 Å². The van der Waals surface area contributed by atoms with Crippen LogP contribution >= 0.6 is 0 Å². The summed E-state index contributed by atoms with van der Waals surface area (Å²) in [5, 5.41) is 30.2. The van der Waals surface area contributed by atoms with Crippen LogP contribution in [0.25, 0.3) is 11.1 Å². The number of hydrogen-bond acceptors (Lipinski definition) is 6. The molecule has 0 aliphatic carbocycles. The second-order valence-corrected chi connectivity index (χ2v) is 8.77. The number of para-hydroxylation sites is 1. The molecule has 0 bridgehead atoms. The van der Waals surface area contributed by atoms with Crippen LogP contribution in [-0.2, 0) is 9.59 Å². The van der Waals surface area contributed by atoms with E-state index in [0.717, 1.165) is 16.7 Å². The second-order valence-electron chi connectivity index (χ2n) is 8.77. The Bertz CT molecular complexity index is 1390. The highest BCUT2D eigenvalue weighted by atomic mass is 16.4. The Hall–Kier alpha value is -4.46. The van der Waals surface area contributed by atoms with E-state index in [4.69, 9.17) is 0 Å². The predicted molar refractivity (Wildman–Crippen MR) is 142 cm³/mol. The van der Waals surface area contributed by atoms with Gasteiger partial charge < -0.3 is 10.2 Å². The molecule has 1 atom stereocenters. The van der Waals surface area contributed by atoms with Gasteiger partial charge >= 0.3 is 11.9 Å². The maximum Gasteiger partial charge on any atom is 0.310 e. The van der Waals surface area contributed by atoms with E-state index in [-0.39, 0.29) is 17.4 Å². The third-order valence-electron chi connectivity index (χ3n) is 6.38. The summed E-state index contributed by atoms with van der Waals surface area (Å²) in [4.78, 5) is 24.4. The van der Waals surface area contributed by atoms with E-state index in [1.165, 1.54) is 5.01 Å². The van der Waals surface area contributed by atoms with Crippen molar-refractivity contribution >= 4 is 34.7 Å². The van der Waals surface area contributed by atoms with Crippen LogP contribution in [0.15, 0.2) is 70.9 Å². The number of aromatic hydroxyl groups is 1. The predicted octanol–water partition coefficient (Wildman–Crippen LogP) is 5.44. The normalized spacial score (nSPS) is 15.2. The maximum absolute atomic E-state index is 13.0. The first-order valence-electron chi connectivity index (χ1n) is 11.7. The Morgan fingerprint density at radius 2 is 1.78 bits per heavy atom. The van der Waals surface area contributed by atoms with Gasteiger partial charge in [0, 0.05) is 5.56 Å². The van der Waals surface area contributed by atoms with Crippen LogP contribution < -0.4 is 10.4 Å². The lowest BCUT2D eigenvalue weighted by molar-refractivity contribution is -0.138. The molecule has 1 heterocycles. The fraction of sp³-hybridized carbons (Fsp3) is 0.214. The van der Waals surface area contributed by atoms with Gasteiger partial charge in [-0.25, -0.2) is 0 Å². The van der Waals surface area contributed by atoms with Crippen molar-refractivity contribution in [3.8, 4) is 16.9 Å². The Morgan fingerprint density at radius 1 is 1.06 bits per heavy atom. The van der Waals surface area contributed by atoms with Crippen molar-refractivity contribution in [1.29, 1.82) is 0 Å². The number of anilines is 2. The summed E-state index contributed by atoms with van der Waals surface area (Å²) < 4.78 is 0. The molecule has 1 unspecified atom stereocenters. The zero-order valence-electron chi connectivity index (χ0n) is 20.6. The number of carboxylic acids is 1. The largest absolute Gasteiger partial charge is 0.505 e. The number of phenols is 1. The highest BCUT2D eigenvalue weighted by molar-refractivity contribution is 6.71. The molecule has 0 saturated carbocycles. The molecule has 3 N–H and O–H groups in total. The quantitative estimate of drug-likeness (QED) is 0.305. The number of aliphatic carboxylic acids is 1. The SMILES string of the molecule is CCC(C(=O)O)c1ccc(-c2cccc(N/N=C3\C(=O)N(c4ccc(C)c(C)c4)N=C3C)c2O)cc1. The van der Waals surface area contributed by atoms with Crippen LogP contribution in [0, 0.1) is 13.8 Å². The molecule has 0 saturated heterocycles. The van der Waals surface area contributed by atoms with Crippen LogP contribution in [0.3, 0.4) is 0 Å². The molecule has 1 aliphatic heterocycles. The summed E-state index contributed by atoms with van der Waals surface area (Å²) in [6, 6.07) is 17.9. The molecule has 3 aromatic carbocycles. The third kappa shape index (κ3) is 4.70. The van der Waals surface area contributed by atoms with Gasteiger partial charge in [-0.05, 0) is 67.6 Å². The standard InChI is InChI=1S/C28H28N4O4/c1-5-22(28(35)36)19-10-12-20(13-11-19)23-7-6-8-24(26(23)33)29-30-25-18(4)31-32(27(25)34)21-14-9-16(2)17(3)15-21/h6-15,22,29,33H,5H2,1-4H3,(H,35,36)/b30-25-. The van der Waals surface area contributed by atoms with E-state index in [1.807, 2.05) is 39.0 Å². The van der Waals surface area contributed by atoms with Gasteiger partial charge in [-0.3, -0.25) is 15.0 Å².